The Morgan fingerprint density at radius 2 is 2.20 bits per heavy atom. The van der Waals surface area contributed by atoms with Crippen LogP contribution in [0.2, 0.25) is 0 Å². The summed E-state index contributed by atoms with van der Waals surface area (Å²) in [6.45, 7) is 6.40. The fourth-order valence-electron chi connectivity index (χ4n) is 2.74. The van der Waals surface area contributed by atoms with Crippen molar-refractivity contribution in [2.45, 2.75) is 25.9 Å². The van der Waals surface area contributed by atoms with E-state index in [1.807, 2.05) is 17.5 Å². The van der Waals surface area contributed by atoms with Gasteiger partial charge >= 0.3 is 0 Å². The van der Waals surface area contributed by atoms with E-state index in [1.165, 1.54) is 15.4 Å². The van der Waals surface area contributed by atoms with Crippen LogP contribution in [-0.2, 0) is 13.0 Å². The summed E-state index contributed by atoms with van der Waals surface area (Å²) in [5.41, 5.74) is 1.41. The highest BCUT2D eigenvalue weighted by Crippen LogP contribution is 2.15. The van der Waals surface area contributed by atoms with Crippen LogP contribution in [-0.4, -0.2) is 35.6 Å². The zero-order valence-corrected chi connectivity index (χ0v) is 12.7. The first-order valence-electron chi connectivity index (χ1n) is 7.20. The van der Waals surface area contributed by atoms with Crippen LogP contribution in [0.4, 0.5) is 0 Å². The number of aromatic nitrogens is 1. The van der Waals surface area contributed by atoms with E-state index < -0.39 is 0 Å². The largest absolute Gasteiger partial charge is 0.311 e. The summed E-state index contributed by atoms with van der Waals surface area (Å²) in [5, 5.41) is 4.87. The molecule has 2 heterocycles. The van der Waals surface area contributed by atoms with Gasteiger partial charge in [-0.1, -0.05) is 30.3 Å². The van der Waals surface area contributed by atoms with E-state index in [1.54, 1.807) is 0 Å². The van der Waals surface area contributed by atoms with Crippen LogP contribution in [0, 0.1) is 6.92 Å². The number of rotatable bonds is 4. The molecule has 1 aliphatic rings. The number of hydrogen-bond acceptors (Lipinski definition) is 4. The quantitative estimate of drug-likeness (QED) is 0.936. The van der Waals surface area contributed by atoms with Crippen LogP contribution in [0.5, 0.6) is 0 Å². The first-order valence-corrected chi connectivity index (χ1v) is 8.02. The van der Waals surface area contributed by atoms with Gasteiger partial charge in [-0.3, -0.25) is 4.90 Å². The molecular formula is C16H21N3S. The number of aryl methyl sites for hydroxylation is 1. The smallest absolute Gasteiger partial charge is 0.107 e. The summed E-state index contributed by atoms with van der Waals surface area (Å²) in [6.07, 6.45) is 3.08. The van der Waals surface area contributed by atoms with Gasteiger partial charge in [0.25, 0.3) is 0 Å². The number of nitrogens with zero attached hydrogens (tertiary/aromatic N) is 2. The van der Waals surface area contributed by atoms with Crippen molar-refractivity contribution in [3.8, 4) is 0 Å². The first-order chi connectivity index (χ1) is 9.79. The van der Waals surface area contributed by atoms with Gasteiger partial charge in [-0.25, -0.2) is 4.98 Å². The number of thiazole rings is 1. The van der Waals surface area contributed by atoms with Crippen LogP contribution in [0.15, 0.2) is 36.5 Å². The average Bonchev–Trinajstić information content (AvgIpc) is 2.86. The van der Waals surface area contributed by atoms with E-state index in [0.717, 1.165) is 32.6 Å². The fraction of sp³-hybridized carbons (Fsp3) is 0.438. The molecule has 2 aromatic rings. The Morgan fingerprint density at radius 3 is 2.95 bits per heavy atom. The fourth-order valence-corrected chi connectivity index (χ4v) is 3.57. The third-order valence-electron chi connectivity index (χ3n) is 3.69. The molecule has 0 spiro atoms. The Balaban J connectivity index is 1.56. The van der Waals surface area contributed by atoms with Crippen molar-refractivity contribution in [1.29, 1.82) is 0 Å². The lowest BCUT2D eigenvalue weighted by atomic mass is 10.0. The molecule has 0 saturated carbocycles. The Labute approximate surface area is 124 Å². The standard InChI is InChI=1S/C16H21N3S/c1-13-10-18-16(20-13)12-19-8-7-17-15(11-19)9-14-5-3-2-4-6-14/h2-6,10,15,17H,7-9,11-12H2,1H3. The van der Waals surface area contributed by atoms with Gasteiger partial charge in [0.05, 0.1) is 6.54 Å². The van der Waals surface area contributed by atoms with Gasteiger partial charge in [-0.2, -0.15) is 0 Å². The molecule has 3 rings (SSSR count). The topological polar surface area (TPSA) is 28.2 Å². The third-order valence-corrected chi connectivity index (χ3v) is 4.59. The summed E-state index contributed by atoms with van der Waals surface area (Å²) < 4.78 is 0. The van der Waals surface area contributed by atoms with E-state index in [2.05, 4.69) is 52.5 Å². The highest BCUT2D eigenvalue weighted by molar-refractivity contribution is 7.11. The molecule has 0 amide bonds. The lowest BCUT2D eigenvalue weighted by Crippen LogP contribution is -2.51. The minimum atomic E-state index is 0.548. The van der Waals surface area contributed by atoms with Gasteiger partial charge < -0.3 is 5.32 Å². The maximum absolute atomic E-state index is 4.48. The van der Waals surface area contributed by atoms with E-state index in [9.17, 15) is 0 Å². The molecule has 1 aromatic carbocycles. The monoisotopic (exact) mass is 287 g/mol. The number of piperazine rings is 1. The van der Waals surface area contributed by atoms with Crippen molar-refractivity contribution in [2.75, 3.05) is 19.6 Å². The molecule has 0 aliphatic carbocycles. The van der Waals surface area contributed by atoms with Gasteiger partial charge in [0, 0.05) is 36.8 Å². The van der Waals surface area contributed by atoms with Crippen molar-refractivity contribution in [3.05, 3.63) is 52.0 Å². The molecule has 0 bridgehead atoms. The average molecular weight is 287 g/mol. The maximum atomic E-state index is 4.48. The summed E-state index contributed by atoms with van der Waals surface area (Å²) in [5.74, 6) is 0. The van der Waals surface area contributed by atoms with Crippen LogP contribution in [0.3, 0.4) is 0 Å². The Kier molecular flexibility index (Phi) is 4.45. The SMILES string of the molecule is Cc1cnc(CN2CCNC(Cc3ccccc3)C2)s1. The third kappa shape index (κ3) is 3.66. The van der Waals surface area contributed by atoms with Gasteiger partial charge in [0.2, 0.25) is 0 Å². The molecule has 1 aliphatic heterocycles. The Morgan fingerprint density at radius 1 is 1.35 bits per heavy atom. The lowest BCUT2D eigenvalue weighted by Gasteiger charge is -2.33. The van der Waals surface area contributed by atoms with E-state index in [-0.39, 0.29) is 0 Å². The molecule has 1 unspecified atom stereocenters. The second kappa shape index (κ2) is 6.48. The highest BCUT2D eigenvalue weighted by atomic mass is 32.1. The Hall–Kier alpha value is -1.23. The predicted octanol–water partition coefficient (Wildman–Crippen LogP) is 2.47. The van der Waals surface area contributed by atoms with Crippen LogP contribution in [0.25, 0.3) is 0 Å². The van der Waals surface area contributed by atoms with Crippen molar-refractivity contribution < 1.29 is 0 Å². The summed E-state index contributed by atoms with van der Waals surface area (Å²) in [6, 6.07) is 11.3. The minimum absolute atomic E-state index is 0.548. The molecule has 1 fully saturated rings. The molecule has 1 saturated heterocycles. The first kappa shape index (κ1) is 13.7. The van der Waals surface area contributed by atoms with E-state index in [4.69, 9.17) is 0 Å². The van der Waals surface area contributed by atoms with Gasteiger partial charge in [0.15, 0.2) is 0 Å². The molecule has 1 atom stereocenters. The molecule has 106 valence electrons. The van der Waals surface area contributed by atoms with Crippen LogP contribution < -0.4 is 5.32 Å². The molecule has 3 nitrogen and oxygen atoms in total. The molecule has 1 N–H and O–H groups in total. The molecular weight excluding hydrogens is 266 g/mol. The van der Waals surface area contributed by atoms with Crippen LogP contribution in [0.1, 0.15) is 15.4 Å². The second-order valence-electron chi connectivity index (χ2n) is 5.44. The summed E-state index contributed by atoms with van der Waals surface area (Å²) >= 11 is 1.81. The second-order valence-corrected chi connectivity index (χ2v) is 6.76. The van der Waals surface area contributed by atoms with Crippen molar-refractivity contribution in [2.24, 2.45) is 0 Å². The normalized spacial score (nSPS) is 20.1. The van der Waals surface area contributed by atoms with E-state index >= 15 is 0 Å². The summed E-state index contributed by atoms with van der Waals surface area (Å²) in [4.78, 5) is 8.29. The van der Waals surface area contributed by atoms with Gasteiger partial charge in [-0.15, -0.1) is 11.3 Å². The zero-order chi connectivity index (χ0) is 13.8. The molecule has 0 radical (unpaired) electrons. The number of benzene rings is 1. The van der Waals surface area contributed by atoms with E-state index in [0.29, 0.717) is 6.04 Å². The van der Waals surface area contributed by atoms with Crippen molar-refractivity contribution >= 4 is 11.3 Å². The lowest BCUT2D eigenvalue weighted by molar-refractivity contribution is 0.191. The predicted molar refractivity (Wildman–Crippen MR) is 84.1 cm³/mol. The summed E-state index contributed by atoms with van der Waals surface area (Å²) in [7, 11) is 0. The van der Waals surface area contributed by atoms with Crippen molar-refractivity contribution in [1.82, 2.24) is 15.2 Å². The van der Waals surface area contributed by atoms with Gasteiger partial charge in [-0.05, 0) is 18.9 Å². The number of hydrogen-bond donors (Lipinski definition) is 1. The maximum Gasteiger partial charge on any atom is 0.107 e. The number of nitrogens with one attached hydrogen (secondary N) is 1. The zero-order valence-electron chi connectivity index (χ0n) is 11.9. The minimum Gasteiger partial charge on any atom is -0.311 e. The molecule has 20 heavy (non-hydrogen) atoms. The highest BCUT2D eigenvalue weighted by Gasteiger charge is 2.20. The Bertz CT molecular complexity index is 538. The van der Waals surface area contributed by atoms with Crippen LogP contribution >= 0.6 is 11.3 Å². The molecule has 1 aromatic heterocycles. The molecule has 4 heteroatoms. The van der Waals surface area contributed by atoms with Gasteiger partial charge in [0.1, 0.15) is 5.01 Å². The van der Waals surface area contributed by atoms with Crippen molar-refractivity contribution in [3.63, 3.8) is 0 Å².